The Morgan fingerprint density at radius 3 is 2.39 bits per heavy atom. The Hall–Kier alpha value is -4.71. The van der Waals surface area contributed by atoms with E-state index in [1.807, 2.05) is 73.7 Å². The lowest BCUT2D eigenvalue weighted by Crippen LogP contribution is -2.29. The van der Waals surface area contributed by atoms with Gasteiger partial charge >= 0.3 is 0 Å². The minimum atomic E-state index is -0.800. The number of pyridine rings is 1. The molecule has 0 saturated carbocycles. The van der Waals surface area contributed by atoms with E-state index in [9.17, 15) is 14.7 Å². The summed E-state index contributed by atoms with van der Waals surface area (Å²) in [7, 11) is 0. The van der Waals surface area contributed by atoms with Gasteiger partial charge in [0.2, 0.25) is 0 Å². The van der Waals surface area contributed by atoms with Crippen LogP contribution in [0.15, 0.2) is 109 Å². The lowest BCUT2D eigenvalue weighted by atomic mass is 9.94. The Labute approximate surface area is 209 Å². The van der Waals surface area contributed by atoms with Gasteiger partial charge < -0.3 is 14.7 Å². The molecule has 0 spiro atoms. The summed E-state index contributed by atoms with van der Waals surface area (Å²) in [5.74, 6) is -0.385. The van der Waals surface area contributed by atoms with Crippen LogP contribution in [0, 0.1) is 6.92 Å². The molecule has 4 aromatic rings. The van der Waals surface area contributed by atoms with Crippen molar-refractivity contribution in [2.45, 2.75) is 19.5 Å². The Balaban J connectivity index is 1.61. The molecule has 6 nitrogen and oxygen atoms in total. The molecule has 0 aliphatic carbocycles. The summed E-state index contributed by atoms with van der Waals surface area (Å²) in [6.07, 6.45) is 3.31. The Morgan fingerprint density at radius 2 is 1.67 bits per heavy atom. The van der Waals surface area contributed by atoms with E-state index in [2.05, 4.69) is 4.98 Å². The zero-order chi connectivity index (χ0) is 25.1. The van der Waals surface area contributed by atoms with Gasteiger partial charge in [0.1, 0.15) is 17.3 Å². The molecule has 1 aromatic heterocycles. The molecule has 1 saturated heterocycles. The lowest BCUT2D eigenvalue weighted by molar-refractivity contribution is -0.140. The number of benzene rings is 3. The molecule has 3 aromatic carbocycles. The first kappa shape index (κ1) is 23.1. The van der Waals surface area contributed by atoms with Gasteiger partial charge in [-0.15, -0.1) is 0 Å². The van der Waals surface area contributed by atoms with Crippen molar-refractivity contribution in [2.24, 2.45) is 0 Å². The van der Waals surface area contributed by atoms with E-state index in [0.29, 0.717) is 22.6 Å². The third-order valence-electron chi connectivity index (χ3n) is 6.09. The van der Waals surface area contributed by atoms with Gasteiger partial charge in [-0.25, -0.2) is 0 Å². The molecule has 1 aliphatic rings. The van der Waals surface area contributed by atoms with Gasteiger partial charge in [-0.05, 0) is 48.4 Å². The Bertz CT molecular complexity index is 1430. The molecule has 0 bridgehead atoms. The zero-order valence-corrected chi connectivity index (χ0v) is 19.7. The highest BCUT2D eigenvalue weighted by Crippen LogP contribution is 2.41. The molecular formula is C30H24N2O4. The number of carbonyl (C=O) groups excluding carboxylic acids is 2. The quantitative estimate of drug-likeness (QED) is 0.216. The lowest BCUT2D eigenvalue weighted by Gasteiger charge is -2.25. The molecule has 1 N–H and O–H groups in total. The molecule has 1 aliphatic heterocycles. The van der Waals surface area contributed by atoms with Crippen LogP contribution in [0.1, 0.15) is 28.3 Å². The highest BCUT2D eigenvalue weighted by molar-refractivity contribution is 6.46. The van der Waals surface area contributed by atoms with Crippen molar-refractivity contribution in [3.63, 3.8) is 0 Å². The molecule has 2 heterocycles. The van der Waals surface area contributed by atoms with Gasteiger partial charge in [0.25, 0.3) is 11.7 Å². The van der Waals surface area contributed by atoms with Crippen molar-refractivity contribution in [3.8, 4) is 11.5 Å². The van der Waals surface area contributed by atoms with E-state index in [1.165, 1.54) is 4.90 Å². The molecule has 1 atom stereocenters. The number of aryl methyl sites for hydroxylation is 1. The van der Waals surface area contributed by atoms with E-state index < -0.39 is 17.7 Å². The fourth-order valence-corrected chi connectivity index (χ4v) is 4.32. The fourth-order valence-electron chi connectivity index (χ4n) is 4.32. The molecule has 6 heteroatoms. The number of hydrogen-bond acceptors (Lipinski definition) is 5. The number of rotatable bonds is 6. The van der Waals surface area contributed by atoms with Gasteiger partial charge in [-0.2, -0.15) is 0 Å². The third kappa shape index (κ3) is 4.61. The van der Waals surface area contributed by atoms with Crippen LogP contribution in [-0.4, -0.2) is 26.7 Å². The van der Waals surface area contributed by atoms with E-state index in [0.717, 1.165) is 11.1 Å². The number of hydrogen-bond donors (Lipinski definition) is 1. The number of para-hydroxylation sites is 1. The van der Waals surface area contributed by atoms with Gasteiger partial charge in [0, 0.05) is 24.5 Å². The monoisotopic (exact) mass is 476 g/mol. The summed E-state index contributed by atoms with van der Waals surface area (Å²) >= 11 is 0. The Morgan fingerprint density at radius 1 is 0.917 bits per heavy atom. The van der Waals surface area contributed by atoms with E-state index in [-0.39, 0.29) is 17.9 Å². The highest BCUT2D eigenvalue weighted by Gasteiger charge is 2.46. The SMILES string of the molecule is Cc1ccc(/C(O)=C2\C(=O)C(=O)N(Cc3cccnc3)C2c2cccc(Oc3ccccc3)c2)cc1. The predicted molar refractivity (Wildman–Crippen MR) is 136 cm³/mol. The second-order valence-electron chi connectivity index (χ2n) is 8.64. The topological polar surface area (TPSA) is 79.7 Å². The first-order valence-corrected chi connectivity index (χ1v) is 11.6. The summed E-state index contributed by atoms with van der Waals surface area (Å²) < 4.78 is 6.00. The van der Waals surface area contributed by atoms with Crippen molar-refractivity contribution in [2.75, 3.05) is 0 Å². The third-order valence-corrected chi connectivity index (χ3v) is 6.09. The first-order valence-electron chi connectivity index (χ1n) is 11.6. The van der Waals surface area contributed by atoms with Crippen LogP contribution in [0.2, 0.25) is 0 Å². The van der Waals surface area contributed by atoms with Gasteiger partial charge in [0.05, 0.1) is 11.6 Å². The van der Waals surface area contributed by atoms with Crippen LogP contribution in [0.3, 0.4) is 0 Å². The number of aliphatic hydroxyl groups is 1. The number of aromatic nitrogens is 1. The van der Waals surface area contributed by atoms with Crippen molar-refractivity contribution < 1.29 is 19.4 Å². The smallest absolute Gasteiger partial charge is 0.295 e. The average Bonchev–Trinajstić information content (AvgIpc) is 3.15. The highest BCUT2D eigenvalue weighted by atomic mass is 16.5. The number of ether oxygens (including phenoxy) is 1. The second-order valence-corrected chi connectivity index (χ2v) is 8.64. The van der Waals surface area contributed by atoms with E-state index in [1.54, 1.807) is 36.7 Å². The minimum absolute atomic E-state index is 0.0459. The minimum Gasteiger partial charge on any atom is -0.507 e. The summed E-state index contributed by atoms with van der Waals surface area (Å²) in [6.45, 7) is 2.10. The molecule has 1 amide bonds. The van der Waals surface area contributed by atoms with Crippen molar-refractivity contribution in [3.05, 3.63) is 131 Å². The van der Waals surface area contributed by atoms with Gasteiger partial charge in [0.15, 0.2) is 0 Å². The number of ketones is 1. The molecule has 178 valence electrons. The average molecular weight is 477 g/mol. The van der Waals surface area contributed by atoms with Gasteiger partial charge in [-0.1, -0.05) is 66.2 Å². The van der Waals surface area contributed by atoms with Crippen LogP contribution in [-0.2, 0) is 16.1 Å². The largest absolute Gasteiger partial charge is 0.507 e. The maximum atomic E-state index is 13.3. The van der Waals surface area contributed by atoms with E-state index in [4.69, 9.17) is 4.74 Å². The number of carbonyl (C=O) groups is 2. The molecular weight excluding hydrogens is 452 g/mol. The fraction of sp³-hybridized carbons (Fsp3) is 0.100. The zero-order valence-electron chi connectivity index (χ0n) is 19.7. The van der Waals surface area contributed by atoms with Crippen LogP contribution >= 0.6 is 0 Å². The summed E-state index contributed by atoms with van der Waals surface area (Å²) in [4.78, 5) is 32.1. The van der Waals surface area contributed by atoms with Crippen LogP contribution in [0.4, 0.5) is 0 Å². The van der Waals surface area contributed by atoms with Crippen molar-refractivity contribution in [1.82, 2.24) is 9.88 Å². The molecule has 1 fully saturated rings. The standard InChI is InChI=1S/C30H24N2O4/c1-20-12-14-22(15-13-20)28(33)26-27(32(30(35)29(26)34)19-21-7-6-16-31-18-21)23-8-5-11-25(17-23)36-24-9-3-2-4-10-24/h2-18,27,33H,19H2,1H3/b28-26+. The van der Waals surface area contributed by atoms with Crippen LogP contribution < -0.4 is 4.74 Å². The number of amides is 1. The Kier molecular flexibility index (Phi) is 6.33. The summed E-state index contributed by atoms with van der Waals surface area (Å²) in [5, 5.41) is 11.3. The summed E-state index contributed by atoms with van der Waals surface area (Å²) in [6, 6.07) is 26.6. The molecule has 1 unspecified atom stereocenters. The number of nitrogens with zero attached hydrogens (tertiary/aromatic N) is 2. The first-order chi connectivity index (χ1) is 17.5. The van der Waals surface area contributed by atoms with Crippen molar-refractivity contribution >= 4 is 17.4 Å². The second kappa shape index (κ2) is 9.88. The maximum Gasteiger partial charge on any atom is 0.295 e. The van der Waals surface area contributed by atoms with Crippen LogP contribution in [0.5, 0.6) is 11.5 Å². The molecule has 36 heavy (non-hydrogen) atoms. The summed E-state index contributed by atoms with van der Waals surface area (Å²) in [5.41, 5.74) is 2.97. The molecule has 0 radical (unpaired) electrons. The van der Waals surface area contributed by atoms with Crippen molar-refractivity contribution in [1.29, 1.82) is 0 Å². The number of likely N-dealkylation sites (tertiary alicyclic amines) is 1. The predicted octanol–water partition coefficient (Wildman–Crippen LogP) is 5.80. The molecule has 5 rings (SSSR count). The van der Waals surface area contributed by atoms with Crippen LogP contribution in [0.25, 0.3) is 5.76 Å². The van der Waals surface area contributed by atoms with Gasteiger partial charge in [-0.3, -0.25) is 14.6 Å². The normalized spacial score (nSPS) is 16.8. The maximum absolute atomic E-state index is 13.3. The number of aliphatic hydroxyl groups excluding tert-OH is 1. The van der Waals surface area contributed by atoms with E-state index >= 15 is 0 Å². The number of Topliss-reactive ketones (excluding diaryl/α,β-unsaturated/α-hetero) is 1.